The fraction of sp³-hybridized carbons (Fsp3) is 0.417. The highest BCUT2D eigenvalue weighted by Gasteiger charge is 2.31. The first-order valence-electron chi connectivity index (χ1n) is 5.46. The zero-order valence-electron chi connectivity index (χ0n) is 10.3. The number of anilines is 1. The SMILES string of the molecule is CC(C)(C)c1nc2cc(C(F)(F)F)ccn2c1N. The molecule has 0 aliphatic heterocycles. The van der Waals surface area contributed by atoms with Gasteiger partial charge in [-0.15, -0.1) is 0 Å². The average Bonchev–Trinajstić information content (AvgIpc) is 2.54. The summed E-state index contributed by atoms with van der Waals surface area (Å²) in [4.78, 5) is 4.20. The van der Waals surface area contributed by atoms with Gasteiger partial charge >= 0.3 is 6.18 Å². The molecule has 6 heteroatoms. The topological polar surface area (TPSA) is 43.3 Å². The Kier molecular flexibility index (Phi) is 2.57. The average molecular weight is 257 g/mol. The number of aromatic nitrogens is 2. The zero-order chi connectivity index (χ0) is 13.7. The number of nitrogen functional groups attached to an aromatic ring is 1. The van der Waals surface area contributed by atoms with E-state index in [2.05, 4.69) is 4.98 Å². The quantitative estimate of drug-likeness (QED) is 0.787. The van der Waals surface area contributed by atoms with Crippen molar-refractivity contribution in [2.45, 2.75) is 32.4 Å². The third-order valence-corrected chi connectivity index (χ3v) is 2.70. The Morgan fingerprint density at radius 3 is 2.33 bits per heavy atom. The van der Waals surface area contributed by atoms with E-state index in [1.165, 1.54) is 10.6 Å². The number of hydrogen-bond donors (Lipinski definition) is 1. The second-order valence-electron chi connectivity index (χ2n) is 5.24. The number of rotatable bonds is 0. The van der Waals surface area contributed by atoms with Crippen LogP contribution in [-0.4, -0.2) is 9.38 Å². The molecule has 2 aromatic rings. The molecule has 0 amide bonds. The maximum atomic E-state index is 12.6. The molecular weight excluding hydrogens is 243 g/mol. The number of pyridine rings is 1. The Labute approximate surface area is 102 Å². The van der Waals surface area contributed by atoms with Gasteiger partial charge in [0.2, 0.25) is 0 Å². The normalized spacial score (nSPS) is 13.2. The van der Waals surface area contributed by atoms with Crippen LogP contribution >= 0.6 is 0 Å². The van der Waals surface area contributed by atoms with E-state index in [1.54, 1.807) is 0 Å². The number of imidazole rings is 1. The molecule has 3 nitrogen and oxygen atoms in total. The van der Waals surface area contributed by atoms with Crippen molar-refractivity contribution in [2.75, 3.05) is 5.73 Å². The molecule has 2 N–H and O–H groups in total. The van der Waals surface area contributed by atoms with E-state index in [1.807, 2.05) is 20.8 Å². The summed E-state index contributed by atoms with van der Waals surface area (Å²) in [7, 11) is 0. The molecule has 0 spiro atoms. The first-order valence-corrected chi connectivity index (χ1v) is 5.46. The summed E-state index contributed by atoms with van der Waals surface area (Å²) in [6.45, 7) is 5.74. The van der Waals surface area contributed by atoms with Crippen LogP contribution in [0.25, 0.3) is 5.65 Å². The highest BCUT2D eigenvalue weighted by Crippen LogP contribution is 2.32. The van der Waals surface area contributed by atoms with Crippen LogP contribution in [-0.2, 0) is 11.6 Å². The van der Waals surface area contributed by atoms with Crippen LogP contribution in [0.2, 0.25) is 0 Å². The zero-order valence-corrected chi connectivity index (χ0v) is 10.3. The second-order valence-corrected chi connectivity index (χ2v) is 5.24. The molecule has 0 aliphatic rings. The number of fused-ring (bicyclic) bond motifs is 1. The van der Waals surface area contributed by atoms with Crippen LogP contribution in [0.15, 0.2) is 18.3 Å². The molecule has 0 bridgehead atoms. The summed E-state index contributed by atoms with van der Waals surface area (Å²) in [5, 5.41) is 0. The van der Waals surface area contributed by atoms with Crippen molar-refractivity contribution in [3.05, 3.63) is 29.6 Å². The fourth-order valence-electron chi connectivity index (χ4n) is 1.79. The molecule has 0 atom stereocenters. The van der Waals surface area contributed by atoms with Crippen LogP contribution in [0.3, 0.4) is 0 Å². The lowest BCUT2D eigenvalue weighted by atomic mass is 9.92. The van der Waals surface area contributed by atoms with Gasteiger partial charge in [0.05, 0.1) is 11.3 Å². The molecule has 0 unspecified atom stereocenters. The summed E-state index contributed by atoms with van der Waals surface area (Å²) >= 11 is 0. The molecule has 0 saturated heterocycles. The number of nitrogens with zero attached hydrogens (tertiary/aromatic N) is 2. The Bertz CT molecular complexity index is 591. The predicted molar refractivity (Wildman–Crippen MR) is 63.3 cm³/mol. The molecule has 18 heavy (non-hydrogen) atoms. The maximum Gasteiger partial charge on any atom is 0.416 e. The van der Waals surface area contributed by atoms with Gasteiger partial charge in [0, 0.05) is 11.6 Å². The van der Waals surface area contributed by atoms with Gasteiger partial charge in [-0.05, 0) is 12.1 Å². The van der Waals surface area contributed by atoms with E-state index in [0.717, 1.165) is 12.1 Å². The van der Waals surface area contributed by atoms with Gasteiger partial charge in [0.15, 0.2) is 0 Å². The molecule has 0 aromatic carbocycles. The molecule has 2 rings (SSSR count). The van der Waals surface area contributed by atoms with Crippen molar-refractivity contribution in [3.8, 4) is 0 Å². The van der Waals surface area contributed by atoms with Crippen LogP contribution in [0.4, 0.5) is 19.0 Å². The third kappa shape index (κ3) is 2.02. The molecule has 2 heterocycles. The molecule has 0 fully saturated rings. The van der Waals surface area contributed by atoms with Gasteiger partial charge in [-0.2, -0.15) is 13.2 Å². The van der Waals surface area contributed by atoms with Crippen molar-refractivity contribution in [1.29, 1.82) is 0 Å². The first-order chi connectivity index (χ1) is 8.10. The fourth-order valence-corrected chi connectivity index (χ4v) is 1.79. The number of alkyl halides is 3. The molecule has 98 valence electrons. The minimum absolute atomic E-state index is 0.215. The third-order valence-electron chi connectivity index (χ3n) is 2.70. The van der Waals surface area contributed by atoms with Gasteiger partial charge in [-0.25, -0.2) is 4.98 Å². The number of halogens is 3. The number of nitrogens with two attached hydrogens (primary N) is 1. The van der Waals surface area contributed by atoms with E-state index in [-0.39, 0.29) is 11.1 Å². The van der Waals surface area contributed by atoms with Crippen LogP contribution < -0.4 is 5.73 Å². The van der Waals surface area contributed by atoms with E-state index in [9.17, 15) is 13.2 Å². The van der Waals surface area contributed by atoms with Crippen LogP contribution in [0.5, 0.6) is 0 Å². The minimum atomic E-state index is -4.37. The Morgan fingerprint density at radius 2 is 1.83 bits per heavy atom. The van der Waals surface area contributed by atoms with Crippen molar-refractivity contribution in [2.24, 2.45) is 0 Å². The summed E-state index contributed by atoms with van der Waals surface area (Å²) in [6.07, 6.45) is -3.07. The van der Waals surface area contributed by atoms with Crippen LogP contribution in [0, 0.1) is 0 Å². The summed E-state index contributed by atoms with van der Waals surface area (Å²) < 4.78 is 39.2. The van der Waals surface area contributed by atoms with E-state index in [4.69, 9.17) is 5.73 Å². The van der Waals surface area contributed by atoms with Crippen molar-refractivity contribution >= 4 is 11.5 Å². The standard InChI is InChI=1S/C12H14F3N3/c1-11(2,3)9-10(16)18-5-4-7(12(13,14)15)6-8(18)17-9/h4-6H,16H2,1-3H3. The maximum absolute atomic E-state index is 12.6. The van der Waals surface area contributed by atoms with Gasteiger partial charge in [-0.1, -0.05) is 20.8 Å². The Hall–Kier alpha value is -1.72. The lowest BCUT2D eigenvalue weighted by molar-refractivity contribution is -0.137. The van der Waals surface area contributed by atoms with Gasteiger partial charge in [0.25, 0.3) is 0 Å². The Balaban J connectivity index is 2.67. The highest BCUT2D eigenvalue weighted by atomic mass is 19.4. The molecular formula is C12H14F3N3. The van der Waals surface area contributed by atoms with Crippen molar-refractivity contribution in [1.82, 2.24) is 9.38 Å². The monoisotopic (exact) mass is 257 g/mol. The smallest absolute Gasteiger partial charge is 0.383 e. The number of hydrogen-bond acceptors (Lipinski definition) is 2. The van der Waals surface area contributed by atoms with Crippen LogP contribution in [0.1, 0.15) is 32.0 Å². The summed E-state index contributed by atoms with van der Waals surface area (Å²) in [6, 6.07) is 2.00. The molecule has 0 aliphatic carbocycles. The molecule has 0 radical (unpaired) electrons. The van der Waals surface area contributed by atoms with Gasteiger partial charge in [0.1, 0.15) is 11.5 Å². The lowest BCUT2D eigenvalue weighted by Gasteiger charge is -2.15. The molecule has 2 aromatic heterocycles. The predicted octanol–water partition coefficient (Wildman–Crippen LogP) is 3.23. The summed E-state index contributed by atoms with van der Waals surface area (Å²) in [5.41, 5.74) is 5.68. The first kappa shape index (κ1) is 12.7. The summed E-state index contributed by atoms with van der Waals surface area (Å²) in [5.74, 6) is 0.381. The van der Waals surface area contributed by atoms with Gasteiger partial charge in [-0.3, -0.25) is 4.40 Å². The largest absolute Gasteiger partial charge is 0.416 e. The lowest BCUT2D eigenvalue weighted by Crippen LogP contribution is -2.14. The Morgan fingerprint density at radius 1 is 1.22 bits per heavy atom. The minimum Gasteiger partial charge on any atom is -0.383 e. The van der Waals surface area contributed by atoms with Gasteiger partial charge < -0.3 is 5.73 Å². The molecule has 0 saturated carbocycles. The van der Waals surface area contributed by atoms with Crippen molar-refractivity contribution < 1.29 is 13.2 Å². The van der Waals surface area contributed by atoms with Crippen molar-refractivity contribution in [3.63, 3.8) is 0 Å². The second kappa shape index (κ2) is 3.63. The van der Waals surface area contributed by atoms with E-state index in [0.29, 0.717) is 11.5 Å². The van der Waals surface area contributed by atoms with E-state index < -0.39 is 11.7 Å². The van der Waals surface area contributed by atoms with E-state index >= 15 is 0 Å². The highest BCUT2D eigenvalue weighted by molar-refractivity contribution is 5.56.